The molecular formula is C20H16ClN5O. The molecule has 1 aromatic carbocycles. The van der Waals surface area contributed by atoms with Crippen LogP contribution >= 0.6 is 11.6 Å². The van der Waals surface area contributed by atoms with Gasteiger partial charge >= 0.3 is 0 Å². The van der Waals surface area contributed by atoms with Crippen molar-refractivity contribution in [3.63, 3.8) is 0 Å². The van der Waals surface area contributed by atoms with Crippen molar-refractivity contribution in [3.8, 4) is 11.3 Å². The van der Waals surface area contributed by atoms with Crippen LogP contribution in [0.3, 0.4) is 0 Å². The first-order valence-corrected chi connectivity index (χ1v) is 8.69. The van der Waals surface area contributed by atoms with Crippen LogP contribution in [-0.4, -0.2) is 25.6 Å². The van der Waals surface area contributed by atoms with E-state index in [0.717, 1.165) is 28.0 Å². The van der Waals surface area contributed by atoms with Crippen molar-refractivity contribution in [2.24, 2.45) is 10.9 Å². The van der Waals surface area contributed by atoms with Gasteiger partial charge in [-0.25, -0.2) is 9.50 Å². The van der Waals surface area contributed by atoms with Crippen LogP contribution in [-0.2, 0) is 6.42 Å². The molecule has 3 heterocycles. The molecule has 0 aliphatic heterocycles. The number of rotatable bonds is 4. The summed E-state index contributed by atoms with van der Waals surface area (Å²) in [6, 6.07) is 19.2. The Morgan fingerprint density at radius 2 is 1.89 bits per heavy atom. The Morgan fingerprint density at radius 3 is 2.67 bits per heavy atom. The fourth-order valence-electron chi connectivity index (χ4n) is 3.03. The SMILES string of the molecule is N/C(=N\O)c1cccc(Cc2c(-c3ccccc3)nn3cc(Cl)ccc23)n1. The van der Waals surface area contributed by atoms with Gasteiger partial charge in [0, 0.05) is 29.4 Å². The molecule has 6 nitrogen and oxygen atoms in total. The van der Waals surface area contributed by atoms with E-state index < -0.39 is 0 Å². The Labute approximate surface area is 160 Å². The predicted octanol–water partition coefficient (Wildman–Crippen LogP) is 3.74. The van der Waals surface area contributed by atoms with Crippen LogP contribution < -0.4 is 5.73 Å². The van der Waals surface area contributed by atoms with Crippen molar-refractivity contribution in [2.45, 2.75) is 6.42 Å². The normalized spacial score (nSPS) is 11.8. The molecule has 0 saturated carbocycles. The van der Waals surface area contributed by atoms with Crippen LogP contribution in [0.5, 0.6) is 0 Å². The van der Waals surface area contributed by atoms with Crippen molar-refractivity contribution in [2.75, 3.05) is 0 Å². The van der Waals surface area contributed by atoms with Crippen LogP contribution in [0.1, 0.15) is 17.0 Å². The number of hydrogen-bond donors (Lipinski definition) is 2. The smallest absolute Gasteiger partial charge is 0.188 e. The van der Waals surface area contributed by atoms with Gasteiger partial charge in [0.1, 0.15) is 5.69 Å². The second-order valence-corrected chi connectivity index (χ2v) is 6.48. The first kappa shape index (κ1) is 17.1. The van der Waals surface area contributed by atoms with Gasteiger partial charge in [-0.1, -0.05) is 53.2 Å². The highest BCUT2D eigenvalue weighted by Crippen LogP contribution is 2.29. The predicted molar refractivity (Wildman–Crippen MR) is 105 cm³/mol. The molecule has 4 rings (SSSR count). The molecule has 0 spiro atoms. The Hall–Kier alpha value is -3.38. The molecule has 3 N–H and O–H groups in total. The molecule has 0 bridgehead atoms. The number of nitrogens with two attached hydrogens (primary N) is 1. The van der Waals surface area contributed by atoms with Gasteiger partial charge in [-0.05, 0) is 24.3 Å². The van der Waals surface area contributed by atoms with Gasteiger partial charge in [0.2, 0.25) is 0 Å². The summed E-state index contributed by atoms with van der Waals surface area (Å²) < 4.78 is 1.79. The largest absolute Gasteiger partial charge is 0.409 e. The number of hydrogen-bond acceptors (Lipinski definition) is 4. The highest BCUT2D eigenvalue weighted by molar-refractivity contribution is 6.30. The van der Waals surface area contributed by atoms with Gasteiger partial charge < -0.3 is 10.9 Å². The van der Waals surface area contributed by atoms with E-state index >= 15 is 0 Å². The summed E-state index contributed by atoms with van der Waals surface area (Å²) in [5, 5.41) is 17.3. The summed E-state index contributed by atoms with van der Waals surface area (Å²) in [6.07, 6.45) is 2.33. The second-order valence-electron chi connectivity index (χ2n) is 6.05. The number of oxime groups is 1. The van der Waals surface area contributed by atoms with E-state index in [1.165, 1.54) is 0 Å². The van der Waals surface area contributed by atoms with Crippen molar-refractivity contribution in [1.29, 1.82) is 0 Å². The van der Waals surface area contributed by atoms with E-state index in [1.807, 2.05) is 54.6 Å². The number of aromatic nitrogens is 3. The summed E-state index contributed by atoms with van der Waals surface area (Å²) >= 11 is 6.13. The lowest BCUT2D eigenvalue weighted by Crippen LogP contribution is -2.15. The molecule has 0 atom stereocenters. The summed E-state index contributed by atoms with van der Waals surface area (Å²) in [5.41, 5.74) is 10.8. The standard InChI is InChI=1S/C20H16ClN5O/c21-14-9-10-18-16(11-15-7-4-8-17(23-15)20(22)25-27)19(24-26(18)12-14)13-5-2-1-3-6-13/h1-10,12,27H,11H2,(H2,22,25). The number of halogens is 1. The lowest BCUT2D eigenvalue weighted by Gasteiger charge is -2.05. The lowest BCUT2D eigenvalue weighted by molar-refractivity contribution is 0.318. The van der Waals surface area contributed by atoms with Crippen molar-refractivity contribution in [1.82, 2.24) is 14.6 Å². The van der Waals surface area contributed by atoms with E-state index in [-0.39, 0.29) is 5.84 Å². The quantitative estimate of drug-likeness (QED) is 0.245. The van der Waals surface area contributed by atoms with Crippen LogP contribution in [0.4, 0.5) is 0 Å². The third-order valence-electron chi connectivity index (χ3n) is 4.28. The molecule has 4 aromatic rings. The molecule has 27 heavy (non-hydrogen) atoms. The minimum atomic E-state index is -0.0215. The molecule has 134 valence electrons. The Kier molecular flexibility index (Phi) is 4.48. The van der Waals surface area contributed by atoms with E-state index in [4.69, 9.17) is 27.6 Å². The zero-order valence-electron chi connectivity index (χ0n) is 14.2. The lowest BCUT2D eigenvalue weighted by atomic mass is 10.0. The number of benzene rings is 1. The fraction of sp³-hybridized carbons (Fsp3) is 0.0500. The second kappa shape index (κ2) is 7.09. The summed E-state index contributed by atoms with van der Waals surface area (Å²) in [5.74, 6) is -0.0215. The number of amidine groups is 1. The molecule has 0 amide bonds. The van der Waals surface area contributed by atoms with Gasteiger partial charge in [0.25, 0.3) is 0 Å². The fourth-order valence-corrected chi connectivity index (χ4v) is 3.19. The molecule has 0 aliphatic carbocycles. The summed E-state index contributed by atoms with van der Waals surface area (Å²) in [6.45, 7) is 0. The van der Waals surface area contributed by atoms with Gasteiger partial charge in [-0.15, -0.1) is 0 Å². The minimum Gasteiger partial charge on any atom is -0.409 e. The van der Waals surface area contributed by atoms with E-state index in [9.17, 15) is 0 Å². The Bertz CT molecular complexity index is 1140. The monoisotopic (exact) mass is 377 g/mol. The molecule has 7 heteroatoms. The first-order chi connectivity index (χ1) is 13.2. The van der Waals surface area contributed by atoms with Crippen LogP contribution in [0.15, 0.2) is 72.0 Å². The maximum Gasteiger partial charge on any atom is 0.188 e. The van der Waals surface area contributed by atoms with Gasteiger partial charge in [-0.2, -0.15) is 5.10 Å². The first-order valence-electron chi connectivity index (χ1n) is 8.32. The third-order valence-corrected chi connectivity index (χ3v) is 4.50. The van der Waals surface area contributed by atoms with E-state index in [1.54, 1.807) is 16.8 Å². The summed E-state index contributed by atoms with van der Waals surface area (Å²) in [4.78, 5) is 4.50. The maximum atomic E-state index is 8.89. The van der Waals surface area contributed by atoms with Crippen molar-refractivity contribution >= 4 is 23.0 Å². The highest BCUT2D eigenvalue weighted by Gasteiger charge is 2.16. The average molecular weight is 378 g/mol. The number of nitrogens with zero attached hydrogens (tertiary/aromatic N) is 4. The number of fused-ring (bicyclic) bond motifs is 1. The van der Waals surface area contributed by atoms with E-state index in [2.05, 4.69) is 10.1 Å². The van der Waals surface area contributed by atoms with Gasteiger partial charge in [0.15, 0.2) is 5.84 Å². The van der Waals surface area contributed by atoms with Gasteiger partial charge in [0.05, 0.1) is 16.2 Å². The molecular weight excluding hydrogens is 362 g/mol. The molecule has 0 unspecified atom stereocenters. The molecule has 3 aromatic heterocycles. The van der Waals surface area contributed by atoms with Crippen LogP contribution in [0.2, 0.25) is 5.02 Å². The Morgan fingerprint density at radius 1 is 1.07 bits per heavy atom. The highest BCUT2D eigenvalue weighted by atomic mass is 35.5. The molecule has 0 fully saturated rings. The Balaban J connectivity index is 1.85. The van der Waals surface area contributed by atoms with E-state index in [0.29, 0.717) is 17.1 Å². The van der Waals surface area contributed by atoms with Crippen molar-refractivity contribution in [3.05, 3.63) is 88.8 Å². The zero-order chi connectivity index (χ0) is 18.8. The van der Waals surface area contributed by atoms with Crippen LogP contribution in [0, 0.1) is 0 Å². The van der Waals surface area contributed by atoms with Crippen LogP contribution in [0.25, 0.3) is 16.8 Å². The average Bonchev–Trinajstić information content (AvgIpc) is 3.05. The topological polar surface area (TPSA) is 88.8 Å². The molecule has 0 saturated heterocycles. The zero-order valence-corrected chi connectivity index (χ0v) is 15.0. The van der Waals surface area contributed by atoms with Crippen molar-refractivity contribution < 1.29 is 5.21 Å². The van der Waals surface area contributed by atoms with Gasteiger partial charge in [-0.3, -0.25) is 0 Å². The maximum absolute atomic E-state index is 8.89. The third kappa shape index (κ3) is 3.35. The molecule has 0 aliphatic rings. The molecule has 0 radical (unpaired) electrons. The number of pyridine rings is 2. The summed E-state index contributed by atoms with van der Waals surface area (Å²) in [7, 11) is 0. The minimum absolute atomic E-state index is 0.0215.